The number of methoxy groups -OCH3 is 1. The van der Waals surface area contributed by atoms with Gasteiger partial charge in [-0.3, -0.25) is 0 Å². The van der Waals surface area contributed by atoms with Gasteiger partial charge in [0.2, 0.25) is 0 Å². The van der Waals surface area contributed by atoms with Crippen molar-refractivity contribution < 1.29 is 4.74 Å². The molecule has 0 aliphatic heterocycles. The molecule has 24 heavy (non-hydrogen) atoms. The van der Waals surface area contributed by atoms with Crippen LogP contribution in [-0.4, -0.2) is 33.5 Å². The first-order valence-electron chi connectivity index (χ1n) is 7.38. The van der Waals surface area contributed by atoms with Crippen molar-refractivity contribution in [1.29, 1.82) is 0 Å². The average molecular weight is 318 g/mol. The molecule has 2 aromatic heterocycles. The fraction of sp³-hybridized carbons (Fsp3) is 0.0588. The number of nitrogens with zero attached hydrogens (tertiary/aromatic N) is 4. The maximum atomic E-state index is 5.12. The largest absolute Gasteiger partial charge is 0.497 e. The van der Waals surface area contributed by atoms with Crippen molar-refractivity contribution in [2.75, 3.05) is 12.5 Å². The van der Waals surface area contributed by atoms with E-state index in [1.807, 2.05) is 48.5 Å². The molecule has 0 bridgehead atoms. The number of anilines is 1. The van der Waals surface area contributed by atoms with Gasteiger partial charge in [-0.05, 0) is 35.9 Å². The Hall–Kier alpha value is -3.48. The van der Waals surface area contributed by atoms with E-state index in [0.29, 0.717) is 11.6 Å². The molecular formula is C17H14N6O. The zero-order valence-corrected chi connectivity index (χ0v) is 12.9. The Balaban J connectivity index is 1.55. The third-order valence-electron chi connectivity index (χ3n) is 3.62. The normalized spacial score (nSPS) is 11.4. The van der Waals surface area contributed by atoms with Crippen LogP contribution >= 0.6 is 0 Å². The lowest BCUT2D eigenvalue weighted by Crippen LogP contribution is -1.99. The minimum absolute atomic E-state index is 0.332. The van der Waals surface area contributed by atoms with Gasteiger partial charge in [-0.2, -0.15) is 10.1 Å². The molecule has 0 amide bonds. The topological polar surface area (TPSA) is 88.1 Å². The first kappa shape index (κ1) is 14.1. The average Bonchev–Trinajstić information content (AvgIpc) is 3.00. The van der Waals surface area contributed by atoms with Gasteiger partial charge in [0, 0.05) is 10.9 Å². The molecule has 118 valence electrons. The van der Waals surface area contributed by atoms with Crippen molar-refractivity contribution in [2.45, 2.75) is 0 Å². The summed E-state index contributed by atoms with van der Waals surface area (Å²) in [5.41, 5.74) is 6.12. The van der Waals surface area contributed by atoms with E-state index in [2.05, 4.69) is 30.7 Å². The summed E-state index contributed by atoms with van der Waals surface area (Å²) < 4.78 is 5.12. The first-order chi connectivity index (χ1) is 11.8. The van der Waals surface area contributed by atoms with Crippen molar-refractivity contribution >= 4 is 34.2 Å². The van der Waals surface area contributed by atoms with Gasteiger partial charge in [-0.15, -0.1) is 10.2 Å². The highest BCUT2D eigenvalue weighted by atomic mass is 16.5. The number of ether oxygens (including phenoxy) is 1. The van der Waals surface area contributed by atoms with Crippen molar-refractivity contribution in [3.05, 3.63) is 54.1 Å². The molecule has 0 radical (unpaired) electrons. The number of para-hydroxylation sites is 1. The van der Waals surface area contributed by atoms with E-state index in [-0.39, 0.29) is 0 Å². The lowest BCUT2D eigenvalue weighted by molar-refractivity contribution is 0.415. The minimum atomic E-state index is 0.332. The van der Waals surface area contributed by atoms with Crippen LogP contribution in [0.3, 0.4) is 0 Å². The van der Waals surface area contributed by atoms with Crippen LogP contribution in [0.1, 0.15) is 5.56 Å². The maximum Gasteiger partial charge on any atom is 0.265 e. The van der Waals surface area contributed by atoms with Crippen LogP contribution in [0.25, 0.3) is 22.1 Å². The summed E-state index contributed by atoms with van der Waals surface area (Å²) in [4.78, 5) is 7.62. The smallest absolute Gasteiger partial charge is 0.265 e. The van der Waals surface area contributed by atoms with Gasteiger partial charge < -0.3 is 9.72 Å². The van der Waals surface area contributed by atoms with Gasteiger partial charge in [0.25, 0.3) is 5.95 Å². The van der Waals surface area contributed by atoms with E-state index in [1.54, 1.807) is 13.3 Å². The van der Waals surface area contributed by atoms with Crippen LogP contribution in [0.2, 0.25) is 0 Å². The Kier molecular flexibility index (Phi) is 3.51. The Morgan fingerprint density at radius 3 is 2.75 bits per heavy atom. The van der Waals surface area contributed by atoms with Crippen LogP contribution in [0.15, 0.2) is 53.6 Å². The van der Waals surface area contributed by atoms with Crippen LogP contribution in [0.4, 0.5) is 5.95 Å². The molecule has 0 atom stereocenters. The quantitative estimate of drug-likeness (QED) is 0.446. The highest BCUT2D eigenvalue weighted by molar-refractivity contribution is 6.03. The fourth-order valence-electron chi connectivity index (χ4n) is 2.42. The molecule has 4 rings (SSSR count). The van der Waals surface area contributed by atoms with E-state index in [4.69, 9.17) is 4.74 Å². The number of hydrazone groups is 1. The highest BCUT2D eigenvalue weighted by Gasteiger charge is 2.07. The lowest BCUT2D eigenvalue weighted by Gasteiger charge is -1.99. The second kappa shape index (κ2) is 5.96. The molecule has 0 saturated carbocycles. The monoisotopic (exact) mass is 318 g/mol. The van der Waals surface area contributed by atoms with Crippen molar-refractivity contribution in [2.24, 2.45) is 5.10 Å². The third-order valence-corrected chi connectivity index (χ3v) is 3.62. The second-order valence-electron chi connectivity index (χ2n) is 5.15. The van der Waals surface area contributed by atoms with Gasteiger partial charge in [0.05, 0.1) is 13.3 Å². The van der Waals surface area contributed by atoms with Crippen LogP contribution < -0.4 is 10.2 Å². The van der Waals surface area contributed by atoms with Gasteiger partial charge in [-0.1, -0.05) is 18.2 Å². The highest BCUT2D eigenvalue weighted by Crippen LogP contribution is 2.21. The molecule has 2 heterocycles. The van der Waals surface area contributed by atoms with E-state index < -0.39 is 0 Å². The van der Waals surface area contributed by atoms with Gasteiger partial charge in [-0.25, -0.2) is 5.43 Å². The van der Waals surface area contributed by atoms with E-state index >= 15 is 0 Å². The Bertz CT molecular complexity index is 1020. The summed E-state index contributed by atoms with van der Waals surface area (Å²) in [6.07, 6.45) is 1.68. The van der Waals surface area contributed by atoms with E-state index in [1.165, 1.54) is 0 Å². The number of H-pyrrole nitrogens is 1. The Morgan fingerprint density at radius 2 is 1.92 bits per heavy atom. The van der Waals surface area contributed by atoms with Crippen LogP contribution in [-0.2, 0) is 0 Å². The lowest BCUT2D eigenvalue weighted by atomic mass is 10.2. The number of aromatic nitrogens is 4. The molecule has 0 unspecified atom stereocenters. The molecule has 0 saturated heterocycles. The van der Waals surface area contributed by atoms with Gasteiger partial charge >= 0.3 is 0 Å². The predicted molar refractivity (Wildman–Crippen MR) is 93.4 cm³/mol. The molecule has 0 aliphatic rings. The SMILES string of the molecule is COc1ccc(/C=N/Nc2nnc3c(n2)[nH]c2ccccc23)cc1. The number of aromatic amines is 1. The number of benzene rings is 2. The maximum absolute atomic E-state index is 5.12. The second-order valence-corrected chi connectivity index (χ2v) is 5.15. The van der Waals surface area contributed by atoms with Gasteiger partial charge in [0.15, 0.2) is 5.65 Å². The molecule has 2 N–H and O–H groups in total. The van der Waals surface area contributed by atoms with Crippen molar-refractivity contribution in [3.8, 4) is 5.75 Å². The molecule has 0 fully saturated rings. The number of hydrogen-bond acceptors (Lipinski definition) is 6. The van der Waals surface area contributed by atoms with Crippen LogP contribution in [0, 0.1) is 0 Å². The number of hydrogen-bond donors (Lipinski definition) is 2. The summed E-state index contributed by atoms with van der Waals surface area (Å²) in [5.74, 6) is 1.13. The summed E-state index contributed by atoms with van der Waals surface area (Å²) in [5, 5.41) is 13.4. The predicted octanol–water partition coefficient (Wildman–Crippen LogP) is 2.96. The molecule has 2 aromatic carbocycles. The number of nitrogens with one attached hydrogen (secondary N) is 2. The standard InChI is InChI=1S/C17H14N6O/c1-24-12-8-6-11(7-9-12)10-18-22-17-20-16-15(21-23-17)13-4-2-3-5-14(13)19-16/h2-10H,1H3,(H2,19,20,22,23)/b18-10+. The first-order valence-corrected chi connectivity index (χ1v) is 7.38. The molecular weight excluding hydrogens is 304 g/mol. The van der Waals surface area contributed by atoms with Crippen LogP contribution in [0.5, 0.6) is 5.75 Å². The number of fused-ring (bicyclic) bond motifs is 3. The zero-order chi connectivity index (χ0) is 16.4. The summed E-state index contributed by atoms with van der Waals surface area (Å²) in [6.45, 7) is 0. The third kappa shape index (κ3) is 2.63. The molecule has 0 aliphatic carbocycles. The van der Waals surface area contributed by atoms with E-state index in [0.717, 1.165) is 27.7 Å². The molecule has 0 spiro atoms. The number of rotatable bonds is 4. The summed E-state index contributed by atoms with van der Waals surface area (Å²) in [7, 11) is 1.63. The molecule has 7 nitrogen and oxygen atoms in total. The minimum Gasteiger partial charge on any atom is -0.497 e. The molecule has 7 heteroatoms. The van der Waals surface area contributed by atoms with E-state index in [9.17, 15) is 0 Å². The summed E-state index contributed by atoms with van der Waals surface area (Å²) >= 11 is 0. The zero-order valence-electron chi connectivity index (χ0n) is 12.9. The Labute approximate surface area is 137 Å². The van der Waals surface area contributed by atoms with Crippen molar-refractivity contribution in [3.63, 3.8) is 0 Å². The van der Waals surface area contributed by atoms with Gasteiger partial charge in [0.1, 0.15) is 11.3 Å². The molecule has 4 aromatic rings. The fourth-order valence-corrected chi connectivity index (χ4v) is 2.42. The summed E-state index contributed by atoms with van der Waals surface area (Å²) in [6, 6.07) is 15.4. The Morgan fingerprint density at radius 1 is 1.08 bits per heavy atom. The van der Waals surface area contributed by atoms with Crippen molar-refractivity contribution in [1.82, 2.24) is 20.2 Å².